The van der Waals surface area contributed by atoms with Gasteiger partial charge in [0.1, 0.15) is 0 Å². The van der Waals surface area contributed by atoms with Gasteiger partial charge in [-0.2, -0.15) is 21.6 Å². The molecule has 78 valence electrons. The molecule has 7 heteroatoms. The first-order valence-corrected chi connectivity index (χ1v) is 4.86. The molecule has 0 aliphatic heterocycles. The van der Waals surface area contributed by atoms with E-state index in [0.29, 0.717) is 11.8 Å². The van der Waals surface area contributed by atoms with E-state index in [9.17, 15) is 21.6 Å². The highest BCUT2D eigenvalue weighted by Gasteiger charge is 2.30. The van der Waals surface area contributed by atoms with Gasteiger partial charge in [0.15, 0.2) is 6.61 Å². The molecule has 0 atom stereocenters. The summed E-state index contributed by atoms with van der Waals surface area (Å²) in [6, 6.07) is 0. The lowest BCUT2D eigenvalue weighted by Crippen LogP contribution is -2.19. The summed E-state index contributed by atoms with van der Waals surface area (Å²) in [4.78, 5) is 0. The quantitative estimate of drug-likeness (QED) is 0.676. The van der Waals surface area contributed by atoms with Crippen LogP contribution in [0.2, 0.25) is 0 Å². The Kier molecular flexibility index (Phi) is 4.41. The predicted molar refractivity (Wildman–Crippen MR) is 40.4 cm³/mol. The highest BCUT2D eigenvalue weighted by Crippen LogP contribution is 2.16. The molecule has 13 heavy (non-hydrogen) atoms. The number of alkyl halides is 3. The largest absolute Gasteiger partial charge is 0.413 e. The van der Waals surface area contributed by atoms with Crippen LogP contribution in [-0.4, -0.2) is 21.2 Å². The molecule has 0 spiro atoms. The van der Waals surface area contributed by atoms with Crippen LogP contribution in [0.4, 0.5) is 13.2 Å². The Morgan fingerprint density at radius 2 is 1.92 bits per heavy atom. The predicted octanol–water partition coefficient (Wildman–Crippen LogP) is 1.82. The number of hydrogen-bond donors (Lipinski definition) is 0. The molecule has 0 rings (SSSR count). The normalized spacial score (nSPS) is 13.8. The summed E-state index contributed by atoms with van der Waals surface area (Å²) in [7, 11) is -4.18. The Bertz CT molecular complexity index is 265. The van der Waals surface area contributed by atoms with Crippen molar-refractivity contribution >= 4 is 10.1 Å². The van der Waals surface area contributed by atoms with Crippen molar-refractivity contribution in [3.05, 3.63) is 11.5 Å². The van der Waals surface area contributed by atoms with Gasteiger partial charge in [0.05, 0.1) is 5.41 Å². The third kappa shape index (κ3) is 7.79. The Labute approximate surface area is 74.3 Å². The lowest BCUT2D eigenvalue weighted by molar-refractivity contribution is -0.152. The van der Waals surface area contributed by atoms with Crippen molar-refractivity contribution in [2.24, 2.45) is 0 Å². The highest BCUT2D eigenvalue weighted by atomic mass is 32.2. The standard InChI is InChI=1S/C6H9F3O3S/c1-2-3-4-13(10,11)12-5-6(7,8)9/h3-4H,2,5H2,1H3/b4-3+. The van der Waals surface area contributed by atoms with E-state index in [4.69, 9.17) is 0 Å². The average molecular weight is 218 g/mol. The van der Waals surface area contributed by atoms with E-state index in [-0.39, 0.29) is 0 Å². The second kappa shape index (κ2) is 4.61. The van der Waals surface area contributed by atoms with Crippen LogP contribution in [0.1, 0.15) is 13.3 Å². The van der Waals surface area contributed by atoms with Gasteiger partial charge in [0.2, 0.25) is 0 Å². The van der Waals surface area contributed by atoms with Crippen molar-refractivity contribution in [2.75, 3.05) is 6.61 Å². The van der Waals surface area contributed by atoms with Crippen LogP contribution in [0, 0.1) is 0 Å². The van der Waals surface area contributed by atoms with Crippen LogP contribution in [-0.2, 0) is 14.3 Å². The van der Waals surface area contributed by atoms with Crippen molar-refractivity contribution in [1.29, 1.82) is 0 Å². The van der Waals surface area contributed by atoms with Crippen molar-refractivity contribution in [3.63, 3.8) is 0 Å². The maximum absolute atomic E-state index is 11.5. The summed E-state index contributed by atoms with van der Waals surface area (Å²) in [6.07, 6.45) is -3.02. The van der Waals surface area contributed by atoms with Gasteiger partial charge < -0.3 is 0 Å². The smallest absolute Gasteiger partial charge is 0.257 e. The molecule has 0 aromatic heterocycles. The minimum atomic E-state index is -4.63. The molecule has 0 aliphatic rings. The molecule has 0 aliphatic carbocycles. The number of rotatable bonds is 4. The van der Waals surface area contributed by atoms with Crippen LogP contribution >= 0.6 is 0 Å². The second-order valence-electron chi connectivity index (χ2n) is 2.15. The fourth-order valence-electron chi connectivity index (χ4n) is 0.402. The van der Waals surface area contributed by atoms with Crippen molar-refractivity contribution in [3.8, 4) is 0 Å². The molecule has 0 saturated carbocycles. The SMILES string of the molecule is CC/C=C/S(=O)(=O)OCC(F)(F)F. The fourth-order valence-corrected chi connectivity index (χ4v) is 1.21. The molecule has 0 aromatic carbocycles. The summed E-state index contributed by atoms with van der Waals surface area (Å²) in [5, 5.41) is 0.610. The van der Waals surface area contributed by atoms with E-state index in [1.165, 1.54) is 6.08 Å². The second-order valence-corrected chi connectivity index (χ2v) is 3.64. The van der Waals surface area contributed by atoms with Crippen LogP contribution in [0.5, 0.6) is 0 Å². The summed E-state index contributed by atoms with van der Waals surface area (Å²) in [5.41, 5.74) is 0. The van der Waals surface area contributed by atoms with E-state index in [0.717, 1.165) is 0 Å². The summed E-state index contributed by atoms with van der Waals surface area (Å²) < 4.78 is 59.4. The maximum atomic E-state index is 11.5. The zero-order chi connectivity index (χ0) is 10.5. The summed E-state index contributed by atoms with van der Waals surface area (Å²) >= 11 is 0. The lowest BCUT2D eigenvalue weighted by atomic mass is 10.5. The maximum Gasteiger partial charge on any atom is 0.413 e. The van der Waals surface area contributed by atoms with Crippen LogP contribution in [0.3, 0.4) is 0 Å². The highest BCUT2D eigenvalue weighted by molar-refractivity contribution is 7.89. The zero-order valence-corrected chi connectivity index (χ0v) is 7.65. The molecule has 3 nitrogen and oxygen atoms in total. The molecule has 0 N–H and O–H groups in total. The van der Waals surface area contributed by atoms with Crippen LogP contribution in [0.25, 0.3) is 0 Å². The Balaban J connectivity index is 4.13. The van der Waals surface area contributed by atoms with E-state index >= 15 is 0 Å². The van der Waals surface area contributed by atoms with E-state index < -0.39 is 22.9 Å². The third-order valence-electron chi connectivity index (χ3n) is 0.885. The monoisotopic (exact) mass is 218 g/mol. The van der Waals surface area contributed by atoms with Crippen LogP contribution < -0.4 is 0 Å². The van der Waals surface area contributed by atoms with Gasteiger partial charge in [0, 0.05) is 0 Å². The third-order valence-corrected chi connectivity index (χ3v) is 1.86. The van der Waals surface area contributed by atoms with E-state index in [2.05, 4.69) is 4.18 Å². The van der Waals surface area contributed by atoms with Gasteiger partial charge in [-0.05, 0) is 6.42 Å². The van der Waals surface area contributed by atoms with Crippen molar-refractivity contribution in [2.45, 2.75) is 19.5 Å². The van der Waals surface area contributed by atoms with Gasteiger partial charge in [0.25, 0.3) is 10.1 Å². The molecular formula is C6H9F3O3S. The van der Waals surface area contributed by atoms with Crippen LogP contribution in [0.15, 0.2) is 11.5 Å². The van der Waals surface area contributed by atoms with Gasteiger partial charge in [-0.25, -0.2) is 0 Å². The average Bonchev–Trinajstić information content (AvgIpc) is 1.97. The number of hydrogen-bond acceptors (Lipinski definition) is 3. The summed E-state index contributed by atoms with van der Waals surface area (Å²) in [5.74, 6) is 0. The molecule has 0 amide bonds. The summed E-state index contributed by atoms with van der Waals surface area (Å²) in [6.45, 7) is -0.140. The Morgan fingerprint density at radius 1 is 1.38 bits per heavy atom. The fraction of sp³-hybridized carbons (Fsp3) is 0.667. The van der Waals surface area contributed by atoms with E-state index in [1.54, 1.807) is 6.92 Å². The first-order valence-electron chi connectivity index (χ1n) is 3.39. The zero-order valence-electron chi connectivity index (χ0n) is 6.84. The molecule has 0 saturated heterocycles. The molecule has 0 bridgehead atoms. The number of allylic oxidation sites excluding steroid dienone is 1. The molecule has 0 radical (unpaired) electrons. The van der Waals surface area contributed by atoms with E-state index in [1.807, 2.05) is 0 Å². The number of halogens is 3. The molecule has 0 unspecified atom stereocenters. The first-order chi connectivity index (χ1) is 5.77. The molecule has 0 fully saturated rings. The van der Waals surface area contributed by atoms with Crippen molar-refractivity contribution < 1.29 is 25.8 Å². The Hall–Kier alpha value is -0.560. The van der Waals surface area contributed by atoms with Crippen molar-refractivity contribution in [1.82, 2.24) is 0 Å². The molecular weight excluding hydrogens is 209 g/mol. The van der Waals surface area contributed by atoms with Gasteiger partial charge in [-0.1, -0.05) is 13.0 Å². The van der Waals surface area contributed by atoms with Gasteiger partial charge >= 0.3 is 6.18 Å². The minimum absolute atomic E-state index is 0.411. The molecule has 0 aromatic rings. The molecule has 0 heterocycles. The Morgan fingerprint density at radius 3 is 2.31 bits per heavy atom. The first kappa shape index (κ1) is 12.4. The van der Waals surface area contributed by atoms with Gasteiger partial charge in [-0.15, -0.1) is 0 Å². The minimum Gasteiger partial charge on any atom is -0.257 e. The van der Waals surface area contributed by atoms with Gasteiger partial charge in [-0.3, -0.25) is 4.18 Å². The lowest BCUT2D eigenvalue weighted by Gasteiger charge is -2.04. The topological polar surface area (TPSA) is 43.4 Å².